The first-order valence-corrected chi connectivity index (χ1v) is 13.9. The summed E-state index contributed by atoms with van der Waals surface area (Å²) in [5, 5.41) is 1.11. The largest absolute Gasteiger partial charge is 0.378 e. The van der Waals surface area contributed by atoms with Crippen LogP contribution in [0.2, 0.25) is 5.02 Å². The predicted molar refractivity (Wildman–Crippen MR) is 159 cm³/mol. The maximum atomic E-state index is 15.0. The highest BCUT2D eigenvalue weighted by molar-refractivity contribution is 6.34. The molecule has 1 aliphatic heterocycles. The molecule has 5 rings (SSSR count). The third-order valence-corrected chi connectivity index (χ3v) is 7.55. The number of halogens is 2. The average Bonchev–Trinajstić information content (AvgIpc) is 2.97. The normalized spacial score (nSPS) is 13.6. The summed E-state index contributed by atoms with van der Waals surface area (Å²) in [6, 6.07) is 16.6. The van der Waals surface area contributed by atoms with Crippen LogP contribution >= 0.6 is 11.6 Å². The molecule has 1 amide bonds. The number of benzene rings is 2. The van der Waals surface area contributed by atoms with Crippen molar-refractivity contribution < 1.29 is 13.9 Å². The monoisotopic (exact) mass is 558 g/mol. The van der Waals surface area contributed by atoms with Crippen LogP contribution in [0.5, 0.6) is 0 Å². The molecule has 4 aromatic rings. The van der Waals surface area contributed by atoms with Gasteiger partial charge in [0.05, 0.1) is 28.5 Å². The van der Waals surface area contributed by atoms with Crippen molar-refractivity contribution in [3.63, 3.8) is 0 Å². The number of carbonyl (C=O) groups excluding carboxylic acids is 1. The van der Waals surface area contributed by atoms with Gasteiger partial charge >= 0.3 is 0 Å². The fourth-order valence-electron chi connectivity index (χ4n) is 5.36. The molecule has 1 fully saturated rings. The first kappa shape index (κ1) is 27.7. The van der Waals surface area contributed by atoms with Crippen LogP contribution in [0.3, 0.4) is 0 Å². The SMILES string of the molecule is C=CC(=O)N1CCN(c2nc(COC)c(-c3ccccc3CCC)c3nc(-c4ccccc4F)c(Cl)cc23)CC1. The second kappa shape index (κ2) is 12.1. The van der Waals surface area contributed by atoms with Gasteiger partial charge in [0.2, 0.25) is 5.91 Å². The molecule has 206 valence electrons. The van der Waals surface area contributed by atoms with E-state index in [1.54, 1.807) is 30.2 Å². The molecule has 0 spiro atoms. The molecular formula is C32H32ClFN4O2. The zero-order chi connectivity index (χ0) is 28.2. The van der Waals surface area contributed by atoms with E-state index in [4.69, 9.17) is 26.3 Å². The van der Waals surface area contributed by atoms with Gasteiger partial charge in [0.15, 0.2) is 0 Å². The summed E-state index contributed by atoms with van der Waals surface area (Å²) < 4.78 is 20.6. The van der Waals surface area contributed by atoms with Crippen LogP contribution in [0.1, 0.15) is 24.6 Å². The number of rotatable bonds is 8. The first-order valence-electron chi connectivity index (χ1n) is 13.5. The molecule has 40 heavy (non-hydrogen) atoms. The Hall–Kier alpha value is -3.81. The van der Waals surface area contributed by atoms with Crippen molar-refractivity contribution in [3.05, 3.63) is 89.3 Å². The molecule has 1 saturated heterocycles. The minimum atomic E-state index is -0.390. The molecule has 0 unspecified atom stereocenters. The van der Waals surface area contributed by atoms with Gasteiger partial charge in [-0.15, -0.1) is 0 Å². The van der Waals surface area contributed by atoms with E-state index in [-0.39, 0.29) is 12.5 Å². The maximum Gasteiger partial charge on any atom is 0.246 e. The van der Waals surface area contributed by atoms with Gasteiger partial charge in [0.1, 0.15) is 11.6 Å². The lowest BCUT2D eigenvalue weighted by Gasteiger charge is -2.36. The summed E-state index contributed by atoms with van der Waals surface area (Å²) in [7, 11) is 1.65. The molecule has 0 saturated carbocycles. The van der Waals surface area contributed by atoms with E-state index in [1.807, 2.05) is 18.2 Å². The Morgan fingerprint density at radius 1 is 1.07 bits per heavy atom. The molecular weight excluding hydrogens is 527 g/mol. The fourth-order valence-corrected chi connectivity index (χ4v) is 5.61. The summed E-state index contributed by atoms with van der Waals surface area (Å²) in [6.07, 6.45) is 3.21. The van der Waals surface area contributed by atoms with Crippen molar-refractivity contribution in [1.82, 2.24) is 14.9 Å². The number of piperazine rings is 1. The van der Waals surface area contributed by atoms with Crippen LogP contribution in [0, 0.1) is 5.82 Å². The number of pyridine rings is 2. The summed E-state index contributed by atoms with van der Waals surface area (Å²) in [4.78, 5) is 26.3. The number of aromatic nitrogens is 2. The van der Waals surface area contributed by atoms with Gasteiger partial charge in [-0.3, -0.25) is 4.79 Å². The van der Waals surface area contributed by atoms with Crippen molar-refractivity contribution >= 4 is 34.2 Å². The Labute approximate surface area is 239 Å². The number of anilines is 1. The first-order chi connectivity index (χ1) is 19.5. The van der Waals surface area contributed by atoms with E-state index in [0.29, 0.717) is 48.0 Å². The van der Waals surface area contributed by atoms with Gasteiger partial charge in [-0.05, 0) is 41.8 Å². The molecule has 0 N–H and O–H groups in total. The van der Waals surface area contributed by atoms with E-state index in [2.05, 4.69) is 30.5 Å². The van der Waals surface area contributed by atoms with Crippen LogP contribution in [0.4, 0.5) is 10.2 Å². The maximum absolute atomic E-state index is 15.0. The van der Waals surface area contributed by atoms with Gasteiger partial charge in [-0.25, -0.2) is 14.4 Å². The molecule has 0 aliphatic carbocycles. The summed E-state index contributed by atoms with van der Waals surface area (Å²) >= 11 is 6.82. The Bertz CT molecular complexity index is 1570. The highest BCUT2D eigenvalue weighted by Gasteiger charge is 2.27. The molecule has 0 bridgehead atoms. The quantitative estimate of drug-likeness (QED) is 0.225. The third-order valence-electron chi connectivity index (χ3n) is 7.26. The number of aryl methyl sites for hydroxylation is 1. The van der Waals surface area contributed by atoms with Crippen LogP contribution in [0.25, 0.3) is 33.3 Å². The second-order valence-corrected chi connectivity index (χ2v) is 10.2. The Morgan fingerprint density at radius 2 is 1.77 bits per heavy atom. The highest BCUT2D eigenvalue weighted by Crippen LogP contribution is 2.41. The lowest BCUT2D eigenvalue weighted by atomic mass is 9.93. The van der Waals surface area contributed by atoms with Crippen molar-refractivity contribution in [3.8, 4) is 22.4 Å². The number of hydrogen-bond acceptors (Lipinski definition) is 5. The fraction of sp³-hybridized carbons (Fsp3) is 0.281. The smallest absolute Gasteiger partial charge is 0.246 e. The van der Waals surface area contributed by atoms with Gasteiger partial charge in [0, 0.05) is 49.8 Å². The van der Waals surface area contributed by atoms with Crippen molar-refractivity contribution in [2.24, 2.45) is 0 Å². The molecule has 2 aromatic carbocycles. The molecule has 2 aromatic heterocycles. The number of hydrogen-bond donors (Lipinski definition) is 0. The van der Waals surface area contributed by atoms with E-state index in [0.717, 1.165) is 40.9 Å². The van der Waals surface area contributed by atoms with E-state index in [9.17, 15) is 9.18 Å². The topological polar surface area (TPSA) is 58.6 Å². The minimum absolute atomic E-state index is 0.0836. The van der Waals surface area contributed by atoms with Crippen LogP contribution in [0.15, 0.2) is 67.3 Å². The summed E-state index contributed by atoms with van der Waals surface area (Å²) in [6.45, 7) is 8.30. The lowest BCUT2D eigenvalue weighted by molar-refractivity contribution is -0.126. The number of carbonyl (C=O) groups is 1. The van der Waals surface area contributed by atoms with Crippen LogP contribution < -0.4 is 4.90 Å². The van der Waals surface area contributed by atoms with Crippen molar-refractivity contribution in [2.75, 3.05) is 38.2 Å². The summed E-state index contributed by atoms with van der Waals surface area (Å²) in [5.74, 6) is 0.247. The molecule has 0 atom stereocenters. The molecule has 8 heteroatoms. The summed E-state index contributed by atoms with van der Waals surface area (Å²) in [5.41, 5.74) is 5.21. The highest BCUT2D eigenvalue weighted by atomic mass is 35.5. The molecule has 1 aliphatic rings. The second-order valence-electron chi connectivity index (χ2n) is 9.81. The number of nitrogens with zero attached hydrogens (tertiary/aromatic N) is 4. The van der Waals surface area contributed by atoms with Gasteiger partial charge in [0.25, 0.3) is 0 Å². The standard InChI is InChI=1S/C32H32ClFN4O2/c1-4-10-21-11-6-7-12-22(21)29-27(20-40-3)35-32(38-17-15-37(16-18-38)28(39)5-2)24-19-25(33)30(36-31(24)29)23-13-8-9-14-26(23)34/h5-9,11-14,19H,2,4,10,15-18,20H2,1,3H3. The van der Waals surface area contributed by atoms with E-state index >= 15 is 0 Å². The van der Waals surface area contributed by atoms with Crippen LogP contribution in [-0.2, 0) is 22.6 Å². The number of amides is 1. The zero-order valence-corrected chi connectivity index (χ0v) is 23.5. The van der Waals surface area contributed by atoms with E-state index < -0.39 is 5.82 Å². The molecule has 6 nitrogen and oxygen atoms in total. The van der Waals surface area contributed by atoms with Crippen molar-refractivity contribution in [1.29, 1.82) is 0 Å². The lowest BCUT2D eigenvalue weighted by Crippen LogP contribution is -2.48. The Balaban J connectivity index is 1.78. The number of ether oxygens (including phenoxy) is 1. The van der Waals surface area contributed by atoms with Gasteiger partial charge in [-0.2, -0.15) is 0 Å². The van der Waals surface area contributed by atoms with Gasteiger partial charge in [-0.1, -0.05) is 67.9 Å². The minimum Gasteiger partial charge on any atom is -0.378 e. The Kier molecular flexibility index (Phi) is 8.43. The predicted octanol–water partition coefficient (Wildman–Crippen LogP) is 6.69. The van der Waals surface area contributed by atoms with Crippen LogP contribution in [-0.4, -0.2) is 54.1 Å². The van der Waals surface area contributed by atoms with E-state index in [1.165, 1.54) is 17.7 Å². The molecule has 0 radical (unpaired) electrons. The third kappa shape index (κ3) is 5.31. The Morgan fingerprint density at radius 3 is 2.45 bits per heavy atom. The number of fused-ring (bicyclic) bond motifs is 1. The number of methoxy groups -OCH3 is 1. The average molecular weight is 559 g/mol. The zero-order valence-electron chi connectivity index (χ0n) is 22.8. The van der Waals surface area contributed by atoms with Gasteiger partial charge < -0.3 is 14.5 Å². The van der Waals surface area contributed by atoms with Crippen molar-refractivity contribution in [2.45, 2.75) is 26.4 Å². The molecule has 3 heterocycles.